The third-order valence-corrected chi connectivity index (χ3v) is 6.85. The van der Waals surface area contributed by atoms with Crippen LogP contribution in [0.15, 0.2) is 65.3 Å². The molecule has 0 saturated heterocycles. The molecule has 0 radical (unpaired) electrons. The maximum absolute atomic E-state index is 13.3. The number of carbonyl (C=O) groups excluding carboxylic acids is 1. The fraction of sp³-hybridized carbons (Fsp3) is 0.387. The first-order valence-corrected chi connectivity index (χ1v) is 13.6. The van der Waals surface area contributed by atoms with Crippen LogP contribution in [0.5, 0.6) is 0 Å². The number of furan rings is 1. The molecular weight excluding hydrogens is 535 g/mol. The van der Waals surface area contributed by atoms with Crippen molar-refractivity contribution in [2.24, 2.45) is 0 Å². The number of anilines is 1. The van der Waals surface area contributed by atoms with Gasteiger partial charge in [0, 0.05) is 17.2 Å². The van der Waals surface area contributed by atoms with E-state index < -0.39 is 23.3 Å². The SMILES string of the molecule is CC(C)(C)OC(=O)CO[C@H]1CCC[C@H](Nc2ncnc3oc(-c4ccccc4)c(-c4ccc(C(F)(F)F)cc4)c23)C1. The smallest absolute Gasteiger partial charge is 0.416 e. The second-order valence-corrected chi connectivity index (χ2v) is 11.2. The van der Waals surface area contributed by atoms with E-state index >= 15 is 0 Å². The van der Waals surface area contributed by atoms with Gasteiger partial charge < -0.3 is 19.2 Å². The molecule has 7 nitrogen and oxygen atoms in total. The highest BCUT2D eigenvalue weighted by Gasteiger charge is 2.31. The summed E-state index contributed by atoms with van der Waals surface area (Å²) in [7, 11) is 0. The molecule has 2 atom stereocenters. The summed E-state index contributed by atoms with van der Waals surface area (Å²) in [6, 6.07) is 14.4. The Morgan fingerprint density at radius 2 is 1.73 bits per heavy atom. The lowest BCUT2D eigenvalue weighted by Crippen LogP contribution is -2.34. The summed E-state index contributed by atoms with van der Waals surface area (Å²) >= 11 is 0. The fourth-order valence-corrected chi connectivity index (χ4v) is 5.11. The minimum atomic E-state index is -4.45. The lowest BCUT2D eigenvalue weighted by Gasteiger charge is -2.30. The lowest BCUT2D eigenvalue weighted by molar-refractivity contribution is -0.162. The predicted octanol–water partition coefficient (Wildman–Crippen LogP) is 7.66. The van der Waals surface area contributed by atoms with Crippen molar-refractivity contribution in [1.82, 2.24) is 9.97 Å². The number of benzene rings is 2. The van der Waals surface area contributed by atoms with Crippen LogP contribution in [0.25, 0.3) is 33.6 Å². The summed E-state index contributed by atoms with van der Waals surface area (Å²) in [4.78, 5) is 21.0. The monoisotopic (exact) mass is 567 g/mol. The van der Waals surface area contributed by atoms with Crippen LogP contribution in [0.1, 0.15) is 52.0 Å². The lowest BCUT2D eigenvalue weighted by atomic mass is 9.92. The summed E-state index contributed by atoms with van der Waals surface area (Å²) < 4.78 is 57.3. The molecule has 0 bridgehead atoms. The molecule has 0 unspecified atom stereocenters. The van der Waals surface area contributed by atoms with Gasteiger partial charge in [-0.3, -0.25) is 0 Å². The molecule has 1 N–H and O–H groups in total. The number of halogens is 3. The molecule has 0 spiro atoms. The Bertz CT molecular complexity index is 1500. The summed E-state index contributed by atoms with van der Waals surface area (Å²) in [6.45, 7) is 5.32. The summed E-state index contributed by atoms with van der Waals surface area (Å²) in [5.41, 5.74) is 0.935. The highest BCUT2D eigenvalue weighted by atomic mass is 19.4. The van der Waals surface area contributed by atoms with Gasteiger partial charge in [0.25, 0.3) is 0 Å². The molecule has 10 heteroatoms. The van der Waals surface area contributed by atoms with Crippen molar-refractivity contribution in [2.75, 3.05) is 11.9 Å². The Kier molecular flexibility index (Phi) is 8.04. The normalized spacial score (nSPS) is 17.9. The van der Waals surface area contributed by atoms with Crippen molar-refractivity contribution in [1.29, 1.82) is 0 Å². The Labute approximate surface area is 236 Å². The third kappa shape index (κ3) is 6.87. The van der Waals surface area contributed by atoms with E-state index in [4.69, 9.17) is 13.9 Å². The van der Waals surface area contributed by atoms with Crippen molar-refractivity contribution in [3.05, 3.63) is 66.5 Å². The topological polar surface area (TPSA) is 86.5 Å². The second kappa shape index (κ2) is 11.5. The van der Waals surface area contributed by atoms with Gasteiger partial charge in [0.2, 0.25) is 5.71 Å². The van der Waals surface area contributed by atoms with E-state index in [1.807, 2.05) is 51.1 Å². The van der Waals surface area contributed by atoms with Gasteiger partial charge in [-0.05, 0) is 64.2 Å². The van der Waals surface area contributed by atoms with E-state index in [0.717, 1.165) is 37.0 Å². The largest absolute Gasteiger partial charge is 0.458 e. The van der Waals surface area contributed by atoms with Crippen LogP contribution < -0.4 is 5.32 Å². The number of carbonyl (C=O) groups is 1. The third-order valence-electron chi connectivity index (χ3n) is 6.85. The summed E-state index contributed by atoms with van der Waals surface area (Å²) in [5.74, 6) is 0.609. The Balaban J connectivity index is 1.45. The van der Waals surface area contributed by atoms with Crippen LogP contribution in [0.4, 0.5) is 19.0 Å². The van der Waals surface area contributed by atoms with Gasteiger partial charge in [0.05, 0.1) is 17.1 Å². The number of nitrogens with zero attached hydrogens (tertiary/aromatic N) is 2. The van der Waals surface area contributed by atoms with E-state index in [0.29, 0.717) is 40.2 Å². The molecule has 1 aliphatic rings. The summed E-state index contributed by atoms with van der Waals surface area (Å²) in [5, 5.41) is 4.09. The van der Waals surface area contributed by atoms with Gasteiger partial charge in [-0.1, -0.05) is 42.5 Å². The number of nitrogens with one attached hydrogen (secondary N) is 1. The van der Waals surface area contributed by atoms with Gasteiger partial charge in [0.15, 0.2) is 0 Å². The minimum Gasteiger partial charge on any atom is -0.458 e. The number of rotatable bonds is 7. The standard InChI is InChI=1S/C31H32F3N3O4/c1-30(2,3)41-24(38)17-39-23-11-7-10-22(16-23)37-28-26-25(19-12-14-21(15-13-19)31(32,33)34)27(20-8-5-4-6-9-20)40-29(26)36-18-35-28/h4-6,8-9,12-15,18,22-23H,7,10-11,16-17H2,1-3H3,(H,35,36,37)/t22-,23-/m0/s1. The molecule has 2 heterocycles. The molecule has 0 amide bonds. The number of esters is 1. The Morgan fingerprint density at radius 1 is 1.00 bits per heavy atom. The zero-order valence-electron chi connectivity index (χ0n) is 23.1. The van der Waals surface area contributed by atoms with Crippen molar-refractivity contribution in [3.8, 4) is 22.5 Å². The van der Waals surface area contributed by atoms with E-state index in [2.05, 4.69) is 15.3 Å². The zero-order valence-corrected chi connectivity index (χ0v) is 23.1. The van der Waals surface area contributed by atoms with Crippen molar-refractivity contribution in [3.63, 3.8) is 0 Å². The van der Waals surface area contributed by atoms with Crippen LogP contribution in [0.2, 0.25) is 0 Å². The molecule has 4 aromatic rings. The first kappa shape index (κ1) is 28.6. The highest BCUT2D eigenvalue weighted by Crippen LogP contribution is 2.43. The first-order valence-electron chi connectivity index (χ1n) is 13.6. The van der Waals surface area contributed by atoms with Gasteiger partial charge in [0.1, 0.15) is 30.1 Å². The molecule has 216 valence electrons. The predicted molar refractivity (Wildman–Crippen MR) is 149 cm³/mol. The molecule has 5 rings (SSSR count). The maximum Gasteiger partial charge on any atom is 0.416 e. The molecule has 1 fully saturated rings. The average Bonchev–Trinajstić information content (AvgIpc) is 3.32. The van der Waals surface area contributed by atoms with Crippen LogP contribution in [-0.2, 0) is 20.4 Å². The first-order chi connectivity index (χ1) is 19.5. The second-order valence-electron chi connectivity index (χ2n) is 11.2. The molecule has 1 aliphatic carbocycles. The van der Waals surface area contributed by atoms with Crippen LogP contribution in [-0.4, -0.2) is 40.3 Å². The molecular formula is C31H32F3N3O4. The number of ether oxygens (including phenoxy) is 2. The van der Waals surface area contributed by atoms with Gasteiger partial charge in [-0.15, -0.1) is 0 Å². The van der Waals surface area contributed by atoms with Gasteiger partial charge in [-0.25, -0.2) is 14.8 Å². The van der Waals surface area contributed by atoms with Crippen molar-refractivity contribution < 1.29 is 31.9 Å². The zero-order chi connectivity index (χ0) is 29.2. The summed E-state index contributed by atoms with van der Waals surface area (Å²) in [6.07, 6.45) is 0.0313. The van der Waals surface area contributed by atoms with Crippen molar-refractivity contribution in [2.45, 2.75) is 70.4 Å². The number of hydrogen-bond donors (Lipinski definition) is 1. The Hall–Kier alpha value is -3.92. The number of alkyl halides is 3. The van der Waals surface area contributed by atoms with Crippen LogP contribution >= 0.6 is 0 Å². The van der Waals surface area contributed by atoms with E-state index in [9.17, 15) is 18.0 Å². The van der Waals surface area contributed by atoms with Crippen LogP contribution in [0.3, 0.4) is 0 Å². The average molecular weight is 568 g/mol. The molecule has 1 saturated carbocycles. The van der Waals surface area contributed by atoms with E-state index in [1.54, 1.807) is 0 Å². The van der Waals surface area contributed by atoms with Gasteiger partial charge >= 0.3 is 12.1 Å². The number of hydrogen-bond acceptors (Lipinski definition) is 7. The number of fused-ring (bicyclic) bond motifs is 1. The number of aromatic nitrogens is 2. The molecule has 2 aromatic heterocycles. The van der Waals surface area contributed by atoms with E-state index in [1.165, 1.54) is 18.5 Å². The Morgan fingerprint density at radius 3 is 2.41 bits per heavy atom. The molecule has 2 aromatic carbocycles. The van der Waals surface area contributed by atoms with Crippen LogP contribution in [0, 0.1) is 0 Å². The minimum absolute atomic E-state index is 0.0129. The quantitative estimate of drug-likeness (QED) is 0.230. The fourth-order valence-electron chi connectivity index (χ4n) is 5.11. The van der Waals surface area contributed by atoms with Gasteiger partial charge in [-0.2, -0.15) is 13.2 Å². The maximum atomic E-state index is 13.3. The molecule has 0 aliphatic heterocycles. The highest BCUT2D eigenvalue weighted by molar-refractivity contribution is 6.05. The van der Waals surface area contributed by atoms with Crippen molar-refractivity contribution >= 4 is 22.9 Å². The van der Waals surface area contributed by atoms with E-state index in [-0.39, 0.29) is 18.8 Å². The molecule has 41 heavy (non-hydrogen) atoms.